The first-order valence-electron chi connectivity index (χ1n) is 6.00. The Morgan fingerprint density at radius 2 is 1.61 bits per heavy atom. The van der Waals surface area contributed by atoms with Crippen LogP contribution in [0.15, 0.2) is 54.6 Å². The molecule has 2 aromatic carbocycles. The van der Waals surface area contributed by atoms with Gasteiger partial charge in [-0.15, -0.1) is 11.6 Å². The molecule has 0 fully saturated rings. The molecule has 0 aliphatic heterocycles. The number of alkyl halides is 1. The summed E-state index contributed by atoms with van der Waals surface area (Å²) in [4.78, 5) is 0. The summed E-state index contributed by atoms with van der Waals surface area (Å²) in [7, 11) is -0.692. The molecule has 1 unspecified atom stereocenters. The van der Waals surface area contributed by atoms with E-state index in [-0.39, 0.29) is 5.82 Å². The van der Waals surface area contributed by atoms with Crippen LogP contribution >= 0.6 is 19.5 Å². The van der Waals surface area contributed by atoms with Crippen LogP contribution in [0.3, 0.4) is 0 Å². The van der Waals surface area contributed by atoms with Gasteiger partial charge in [-0.25, -0.2) is 4.39 Å². The summed E-state index contributed by atoms with van der Waals surface area (Å²) in [5, 5.41) is 1.40. The molecule has 1 atom stereocenters. The van der Waals surface area contributed by atoms with Crippen molar-refractivity contribution in [1.29, 1.82) is 0 Å². The van der Waals surface area contributed by atoms with Gasteiger partial charge in [0, 0.05) is 7.92 Å². The lowest BCUT2D eigenvalue weighted by Crippen LogP contribution is -2.05. The molecule has 2 aromatic rings. The van der Waals surface area contributed by atoms with Gasteiger partial charge in [-0.3, -0.25) is 0 Å². The highest BCUT2D eigenvalue weighted by atomic mass is 35.5. The van der Waals surface area contributed by atoms with E-state index in [0.717, 1.165) is 12.3 Å². The molecular weight excluding hydrogens is 266 g/mol. The minimum Gasteiger partial charge on any atom is -0.207 e. The lowest BCUT2D eigenvalue weighted by Gasteiger charge is -2.09. The van der Waals surface area contributed by atoms with Crippen molar-refractivity contribution in [3.05, 3.63) is 66.0 Å². The Morgan fingerprint density at radius 3 is 2.22 bits per heavy atom. The number of hydrogen-bond acceptors (Lipinski definition) is 0. The SMILES string of the molecule is Fc1ccc(C[PH+](CCCl)c2ccccc2)cc1. The normalized spacial score (nSPS) is 12.3. The van der Waals surface area contributed by atoms with E-state index in [9.17, 15) is 4.39 Å². The molecule has 0 bridgehead atoms. The van der Waals surface area contributed by atoms with Crippen molar-refractivity contribution in [1.82, 2.24) is 0 Å². The van der Waals surface area contributed by atoms with E-state index >= 15 is 0 Å². The molecule has 0 aromatic heterocycles. The molecule has 94 valence electrons. The number of benzene rings is 2. The number of halogens is 2. The number of rotatable bonds is 5. The Bertz CT molecular complexity index is 470. The highest BCUT2D eigenvalue weighted by Crippen LogP contribution is 2.38. The predicted octanol–water partition coefficient (Wildman–Crippen LogP) is 4.10. The molecule has 2 rings (SSSR count). The van der Waals surface area contributed by atoms with Crippen molar-refractivity contribution >= 4 is 24.8 Å². The quantitative estimate of drug-likeness (QED) is 0.572. The summed E-state index contributed by atoms with van der Waals surface area (Å²) in [5.74, 6) is 0.509. The van der Waals surface area contributed by atoms with Gasteiger partial charge in [0.05, 0.1) is 23.5 Å². The number of hydrogen-bond donors (Lipinski definition) is 0. The zero-order valence-corrected chi connectivity index (χ0v) is 11.8. The third-order valence-electron chi connectivity index (χ3n) is 2.91. The lowest BCUT2D eigenvalue weighted by molar-refractivity contribution is 0.627. The van der Waals surface area contributed by atoms with Crippen LogP contribution in [0.1, 0.15) is 5.56 Å². The summed E-state index contributed by atoms with van der Waals surface area (Å²) < 4.78 is 12.9. The van der Waals surface area contributed by atoms with E-state index in [2.05, 4.69) is 24.3 Å². The minimum atomic E-state index is -0.692. The van der Waals surface area contributed by atoms with Gasteiger partial charge >= 0.3 is 0 Å². The first kappa shape index (κ1) is 13.5. The third kappa shape index (κ3) is 3.80. The maximum atomic E-state index is 12.9. The van der Waals surface area contributed by atoms with Crippen molar-refractivity contribution in [2.24, 2.45) is 0 Å². The van der Waals surface area contributed by atoms with E-state index in [1.54, 1.807) is 0 Å². The molecule has 0 radical (unpaired) electrons. The van der Waals surface area contributed by atoms with Crippen molar-refractivity contribution in [3.63, 3.8) is 0 Å². The Hall–Kier alpha value is -0.910. The van der Waals surface area contributed by atoms with E-state index in [1.165, 1.54) is 23.0 Å². The smallest absolute Gasteiger partial charge is 0.123 e. The monoisotopic (exact) mass is 281 g/mol. The molecule has 3 heteroatoms. The largest absolute Gasteiger partial charge is 0.207 e. The van der Waals surface area contributed by atoms with Gasteiger partial charge in [0.15, 0.2) is 0 Å². The molecule has 0 spiro atoms. The van der Waals surface area contributed by atoms with Crippen molar-refractivity contribution in [2.45, 2.75) is 6.16 Å². The third-order valence-corrected chi connectivity index (χ3v) is 6.25. The van der Waals surface area contributed by atoms with E-state index in [4.69, 9.17) is 11.6 Å². The molecule has 0 saturated heterocycles. The van der Waals surface area contributed by atoms with Gasteiger partial charge in [-0.05, 0) is 29.8 Å². The molecule has 0 nitrogen and oxygen atoms in total. The van der Waals surface area contributed by atoms with Crippen molar-refractivity contribution in [3.8, 4) is 0 Å². The van der Waals surface area contributed by atoms with Gasteiger partial charge in [0.25, 0.3) is 0 Å². The summed E-state index contributed by atoms with van der Waals surface area (Å²) in [5.41, 5.74) is 1.19. The molecule has 0 heterocycles. The van der Waals surface area contributed by atoms with Crippen molar-refractivity contribution in [2.75, 3.05) is 12.0 Å². The lowest BCUT2D eigenvalue weighted by atomic mass is 10.2. The average molecular weight is 282 g/mol. The Balaban J connectivity index is 2.14. The van der Waals surface area contributed by atoms with Crippen LogP contribution in [0, 0.1) is 5.82 Å². The molecule has 0 aliphatic carbocycles. The van der Waals surface area contributed by atoms with Crippen LogP contribution in [0.5, 0.6) is 0 Å². The molecule has 0 saturated carbocycles. The highest BCUT2D eigenvalue weighted by molar-refractivity contribution is 7.65. The van der Waals surface area contributed by atoms with Crippen LogP contribution in [-0.2, 0) is 6.16 Å². The van der Waals surface area contributed by atoms with Gasteiger partial charge in [-0.1, -0.05) is 30.3 Å². The van der Waals surface area contributed by atoms with Crippen LogP contribution in [0.2, 0.25) is 0 Å². The summed E-state index contributed by atoms with van der Waals surface area (Å²) in [6, 6.07) is 17.3. The Morgan fingerprint density at radius 1 is 0.944 bits per heavy atom. The molecule has 0 amide bonds. The highest BCUT2D eigenvalue weighted by Gasteiger charge is 2.18. The zero-order valence-electron chi connectivity index (χ0n) is 10.1. The zero-order chi connectivity index (χ0) is 12.8. The fourth-order valence-corrected chi connectivity index (χ4v) is 4.95. The van der Waals surface area contributed by atoms with Gasteiger partial charge < -0.3 is 0 Å². The molecule has 0 aliphatic rings. The van der Waals surface area contributed by atoms with Crippen molar-refractivity contribution < 1.29 is 4.39 Å². The topological polar surface area (TPSA) is 0 Å². The van der Waals surface area contributed by atoms with E-state index in [0.29, 0.717) is 5.88 Å². The minimum absolute atomic E-state index is 0.176. The Labute approximate surface area is 114 Å². The second-order valence-corrected chi connectivity index (χ2v) is 7.23. The summed E-state index contributed by atoms with van der Waals surface area (Å²) in [6.45, 7) is 0. The van der Waals surface area contributed by atoms with E-state index in [1.807, 2.05) is 18.2 Å². The fraction of sp³-hybridized carbons (Fsp3) is 0.200. The Kier molecular flexibility index (Phi) is 5.16. The summed E-state index contributed by atoms with van der Waals surface area (Å²) in [6.07, 6.45) is 2.04. The standard InChI is InChI=1S/C15H15ClFP/c16-10-11-18(15-4-2-1-3-5-15)12-13-6-8-14(17)9-7-13/h1-9H,10-12H2/p+1. The van der Waals surface area contributed by atoms with Crippen LogP contribution < -0.4 is 5.30 Å². The average Bonchev–Trinajstić information content (AvgIpc) is 2.42. The second-order valence-electron chi connectivity index (χ2n) is 4.21. The van der Waals surface area contributed by atoms with E-state index < -0.39 is 7.92 Å². The first-order valence-corrected chi connectivity index (χ1v) is 8.45. The summed E-state index contributed by atoms with van der Waals surface area (Å²) >= 11 is 5.90. The van der Waals surface area contributed by atoms with Gasteiger partial charge in [0.2, 0.25) is 0 Å². The van der Waals surface area contributed by atoms with Crippen LogP contribution in [0.4, 0.5) is 4.39 Å². The second kappa shape index (κ2) is 6.87. The maximum Gasteiger partial charge on any atom is 0.123 e. The molecule has 18 heavy (non-hydrogen) atoms. The van der Waals surface area contributed by atoms with Gasteiger partial charge in [0.1, 0.15) is 5.82 Å². The first-order chi connectivity index (χ1) is 8.79. The maximum absolute atomic E-state index is 12.9. The molecule has 0 N–H and O–H groups in total. The van der Waals surface area contributed by atoms with Gasteiger partial charge in [-0.2, -0.15) is 0 Å². The predicted molar refractivity (Wildman–Crippen MR) is 80.1 cm³/mol. The van der Waals surface area contributed by atoms with Crippen LogP contribution in [-0.4, -0.2) is 12.0 Å². The van der Waals surface area contributed by atoms with Crippen LogP contribution in [0.25, 0.3) is 0 Å². The molecular formula is C15H16ClFP+. The fourth-order valence-electron chi connectivity index (χ4n) is 1.97.